The van der Waals surface area contributed by atoms with Crippen LogP contribution in [0.15, 0.2) is 0 Å². The standard InChI is InChI=1S/C10H16N2OS2/c1-7-8(10(15)9(7)14)12-4-6-13-5-3-11-2/h11-12H,3-6H2,1-2H3. The first-order chi connectivity index (χ1) is 7.18. The molecule has 0 radical (unpaired) electrons. The Kier molecular flexibility index (Phi) is 5.31. The van der Waals surface area contributed by atoms with E-state index in [0.29, 0.717) is 6.61 Å². The summed E-state index contributed by atoms with van der Waals surface area (Å²) in [7, 11) is 1.91. The Labute approximate surface area is 101 Å². The van der Waals surface area contributed by atoms with Gasteiger partial charge in [0.25, 0.3) is 0 Å². The van der Waals surface area contributed by atoms with Gasteiger partial charge in [0.05, 0.1) is 27.9 Å². The zero-order valence-electron chi connectivity index (χ0n) is 9.05. The number of anilines is 1. The van der Waals surface area contributed by atoms with E-state index in [1.54, 1.807) is 0 Å². The zero-order valence-corrected chi connectivity index (χ0v) is 10.7. The molecule has 0 unspecified atom stereocenters. The van der Waals surface area contributed by atoms with Crippen molar-refractivity contribution in [3.63, 3.8) is 0 Å². The van der Waals surface area contributed by atoms with E-state index < -0.39 is 0 Å². The van der Waals surface area contributed by atoms with Gasteiger partial charge < -0.3 is 15.4 Å². The third kappa shape index (κ3) is 3.31. The molecule has 0 bridgehead atoms. The lowest BCUT2D eigenvalue weighted by Crippen LogP contribution is -2.18. The molecule has 3 nitrogen and oxygen atoms in total. The summed E-state index contributed by atoms with van der Waals surface area (Å²) in [6, 6.07) is 0. The molecule has 0 atom stereocenters. The second kappa shape index (κ2) is 6.27. The first-order valence-corrected chi connectivity index (χ1v) is 5.76. The Hall–Kier alpha value is -0.360. The lowest BCUT2D eigenvalue weighted by Gasteiger charge is -2.13. The highest BCUT2D eigenvalue weighted by atomic mass is 32.1. The average Bonchev–Trinajstić information content (AvgIpc) is 2.26. The van der Waals surface area contributed by atoms with Crippen LogP contribution in [0.25, 0.3) is 0 Å². The van der Waals surface area contributed by atoms with Crippen LogP contribution in [0.4, 0.5) is 5.69 Å². The molecule has 0 aromatic heterocycles. The van der Waals surface area contributed by atoms with Crippen molar-refractivity contribution in [2.45, 2.75) is 6.92 Å². The Balaban J connectivity index is 2.17. The molecule has 2 N–H and O–H groups in total. The van der Waals surface area contributed by atoms with Crippen molar-refractivity contribution < 1.29 is 4.74 Å². The second-order valence-electron chi connectivity index (χ2n) is 3.30. The molecule has 0 amide bonds. The van der Waals surface area contributed by atoms with Crippen molar-refractivity contribution in [2.24, 2.45) is 0 Å². The van der Waals surface area contributed by atoms with Crippen LogP contribution in [0.3, 0.4) is 0 Å². The highest BCUT2D eigenvalue weighted by Crippen LogP contribution is 2.24. The van der Waals surface area contributed by atoms with Crippen molar-refractivity contribution in [3.8, 4) is 0 Å². The summed E-state index contributed by atoms with van der Waals surface area (Å²) in [5.74, 6) is 0. The van der Waals surface area contributed by atoms with E-state index in [1.807, 2.05) is 14.0 Å². The fraction of sp³-hybridized carbons (Fsp3) is 0.600. The lowest BCUT2D eigenvalue weighted by atomic mass is 10.1. The zero-order chi connectivity index (χ0) is 11.3. The van der Waals surface area contributed by atoms with Gasteiger partial charge in [0.1, 0.15) is 0 Å². The average molecular weight is 244 g/mol. The van der Waals surface area contributed by atoms with Crippen molar-refractivity contribution in [2.75, 3.05) is 38.7 Å². The van der Waals surface area contributed by atoms with E-state index in [4.69, 9.17) is 29.2 Å². The van der Waals surface area contributed by atoms with Gasteiger partial charge in [-0.2, -0.15) is 0 Å². The molecule has 0 saturated heterocycles. The molecular formula is C10H16N2OS2. The van der Waals surface area contributed by atoms with Gasteiger partial charge in [0, 0.05) is 13.1 Å². The largest absolute Gasteiger partial charge is 0.381 e. The van der Waals surface area contributed by atoms with Gasteiger partial charge in [-0.05, 0) is 19.5 Å². The fourth-order valence-electron chi connectivity index (χ4n) is 1.24. The Bertz CT molecular complexity index is 383. The van der Waals surface area contributed by atoms with Crippen molar-refractivity contribution in [1.82, 2.24) is 5.32 Å². The predicted molar refractivity (Wildman–Crippen MR) is 68.5 cm³/mol. The smallest absolute Gasteiger partial charge is 0.0795 e. The van der Waals surface area contributed by atoms with Gasteiger partial charge in [-0.3, -0.25) is 0 Å². The first kappa shape index (κ1) is 12.7. The van der Waals surface area contributed by atoms with Crippen molar-refractivity contribution >= 4 is 30.1 Å². The van der Waals surface area contributed by atoms with E-state index in [-0.39, 0.29) is 0 Å². The third-order valence-electron chi connectivity index (χ3n) is 2.19. The Morgan fingerprint density at radius 2 is 1.80 bits per heavy atom. The molecule has 0 aliphatic rings. The summed E-state index contributed by atoms with van der Waals surface area (Å²) in [4.78, 5) is 0. The number of hydrogen-bond donors (Lipinski definition) is 2. The minimum atomic E-state index is 0.688. The SMILES string of the molecule is CNCCOCCNc1c(C)c(=S)c1=S. The highest BCUT2D eigenvalue weighted by molar-refractivity contribution is 7.74. The summed E-state index contributed by atoms with van der Waals surface area (Å²) < 4.78 is 6.98. The topological polar surface area (TPSA) is 33.3 Å². The maximum atomic E-state index is 5.37. The quantitative estimate of drug-likeness (QED) is 0.566. The molecule has 15 heavy (non-hydrogen) atoms. The van der Waals surface area contributed by atoms with E-state index in [9.17, 15) is 0 Å². The predicted octanol–water partition coefficient (Wildman–Crippen LogP) is 1.98. The molecule has 84 valence electrons. The van der Waals surface area contributed by atoms with Crippen LogP contribution < -0.4 is 10.6 Å². The van der Waals surface area contributed by atoms with Gasteiger partial charge >= 0.3 is 0 Å². The number of rotatable bonds is 7. The van der Waals surface area contributed by atoms with Crippen LogP contribution in [-0.4, -0.2) is 33.4 Å². The molecule has 0 spiro atoms. The number of likely N-dealkylation sites (N-methyl/N-ethyl adjacent to an activating group) is 1. The summed E-state index contributed by atoms with van der Waals surface area (Å²) >= 11 is 10.2. The van der Waals surface area contributed by atoms with E-state index in [2.05, 4.69) is 10.6 Å². The first-order valence-electron chi connectivity index (χ1n) is 4.94. The number of ether oxygens (including phenoxy) is 1. The molecule has 0 heterocycles. The molecule has 0 aliphatic heterocycles. The van der Waals surface area contributed by atoms with Crippen molar-refractivity contribution in [1.29, 1.82) is 0 Å². The van der Waals surface area contributed by atoms with E-state index in [0.717, 1.165) is 40.0 Å². The number of nitrogens with one attached hydrogen (secondary N) is 2. The van der Waals surface area contributed by atoms with E-state index >= 15 is 0 Å². The molecule has 1 aromatic rings. The van der Waals surface area contributed by atoms with Gasteiger partial charge in [-0.15, -0.1) is 0 Å². The molecule has 0 aliphatic carbocycles. The van der Waals surface area contributed by atoms with Crippen LogP contribution in [-0.2, 0) is 4.74 Å². The fourth-order valence-corrected chi connectivity index (χ4v) is 1.82. The minimum absolute atomic E-state index is 0.688. The summed E-state index contributed by atoms with van der Waals surface area (Å²) in [6.07, 6.45) is 0. The van der Waals surface area contributed by atoms with Crippen LogP contribution in [0.2, 0.25) is 0 Å². The summed E-state index contributed by atoms with van der Waals surface area (Å²) in [5, 5.41) is 6.25. The minimum Gasteiger partial charge on any atom is -0.381 e. The van der Waals surface area contributed by atoms with Crippen LogP contribution in [0.1, 0.15) is 5.56 Å². The van der Waals surface area contributed by atoms with Crippen LogP contribution >= 0.6 is 24.4 Å². The molecular weight excluding hydrogens is 228 g/mol. The maximum absolute atomic E-state index is 5.37. The highest BCUT2D eigenvalue weighted by Gasteiger charge is 2.08. The number of hydrogen-bond acceptors (Lipinski definition) is 5. The van der Waals surface area contributed by atoms with Crippen LogP contribution in [0, 0.1) is 15.9 Å². The lowest BCUT2D eigenvalue weighted by molar-refractivity contribution is 0.147. The Morgan fingerprint density at radius 1 is 1.13 bits per heavy atom. The normalized spacial score (nSPS) is 10.8. The van der Waals surface area contributed by atoms with Crippen molar-refractivity contribution in [3.05, 3.63) is 14.6 Å². The monoisotopic (exact) mass is 244 g/mol. The summed E-state index contributed by atoms with van der Waals surface area (Å²) in [5.41, 5.74) is 2.12. The molecule has 1 rings (SSSR count). The van der Waals surface area contributed by atoms with Gasteiger partial charge in [0.2, 0.25) is 0 Å². The molecule has 0 saturated carbocycles. The molecule has 1 aromatic carbocycles. The van der Waals surface area contributed by atoms with Gasteiger partial charge in [0.15, 0.2) is 0 Å². The maximum Gasteiger partial charge on any atom is 0.0795 e. The van der Waals surface area contributed by atoms with Gasteiger partial charge in [-0.25, -0.2) is 0 Å². The second-order valence-corrected chi connectivity index (χ2v) is 4.12. The van der Waals surface area contributed by atoms with E-state index in [1.165, 1.54) is 0 Å². The molecule has 5 heteroatoms. The van der Waals surface area contributed by atoms with Crippen LogP contribution in [0.5, 0.6) is 0 Å². The summed E-state index contributed by atoms with van der Waals surface area (Å²) in [6.45, 7) is 5.07. The third-order valence-corrected chi connectivity index (χ3v) is 3.24. The van der Waals surface area contributed by atoms with Gasteiger partial charge in [-0.1, -0.05) is 24.4 Å². The molecule has 0 fully saturated rings. The Morgan fingerprint density at radius 3 is 2.40 bits per heavy atom.